The highest BCUT2D eigenvalue weighted by Gasteiger charge is 2.18. The summed E-state index contributed by atoms with van der Waals surface area (Å²) >= 11 is 3.30. The van der Waals surface area contributed by atoms with Crippen LogP contribution in [0.4, 0.5) is 4.39 Å². The Morgan fingerprint density at radius 3 is 2.60 bits per heavy atom. The number of hydrogen-bond acceptors (Lipinski definition) is 1. The fraction of sp³-hybridized carbons (Fsp3) is 0.500. The van der Waals surface area contributed by atoms with Gasteiger partial charge in [-0.3, -0.25) is 0 Å². The third kappa shape index (κ3) is 3.02. The van der Waals surface area contributed by atoms with Gasteiger partial charge < -0.3 is 5.32 Å². The maximum absolute atomic E-state index is 13.4. The highest BCUT2D eigenvalue weighted by molar-refractivity contribution is 9.10. The zero-order valence-corrected chi connectivity index (χ0v) is 10.9. The van der Waals surface area contributed by atoms with Crippen molar-refractivity contribution in [3.05, 3.63) is 34.1 Å². The summed E-state index contributed by atoms with van der Waals surface area (Å²) in [5, 5.41) is 3.37. The van der Waals surface area contributed by atoms with E-state index in [1.165, 1.54) is 6.07 Å². The first-order valence-corrected chi connectivity index (χ1v) is 6.04. The second-order valence-electron chi connectivity index (χ2n) is 3.92. The third-order valence-electron chi connectivity index (χ3n) is 2.41. The van der Waals surface area contributed by atoms with Crippen LogP contribution in [0.5, 0.6) is 0 Å². The second kappa shape index (κ2) is 5.61. The Bertz CT molecular complexity index is 325. The molecule has 3 heteroatoms. The van der Waals surface area contributed by atoms with E-state index >= 15 is 0 Å². The molecule has 0 aliphatic rings. The van der Waals surface area contributed by atoms with Crippen molar-refractivity contribution in [3.8, 4) is 0 Å². The van der Waals surface area contributed by atoms with Gasteiger partial charge in [0.25, 0.3) is 0 Å². The molecule has 0 heterocycles. The number of rotatable bonds is 4. The molecule has 0 spiro atoms. The van der Waals surface area contributed by atoms with Crippen LogP contribution in [0.1, 0.15) is 32.4 Å². The van der Waals surface area contributed by atoms with E-state index in [4.69, 9.17) is 0 Å². The molecule has 1 rings (SSSR count). The van der Waals surface area contributed by atoms with Crippen LogP contribution in [0, 0.1) is 11.7 Å². The summed E-state index contributed by atoms with van der Waals surface area (Å²) in [5.41, 5.74) is 0.992. The molecule has 1 aromatic rings. The Labute approximate surface area is 99.2 Å². The smallest absolute Gasteiger partial charge is 0.137 e. The highest BCUT2D eigenvalue weighted by Crippen LogP contribution is 2.30. The molecule has 0 saturated carbocycles. The van der Waals surface area contributed by atoms with E-state index in [-0.39, 0.29) is 11.9 Å². The van der Waals surface area contributed by atoms with E-state index in [0.717, 1.165) is 12.1 Å². The molecule has 0 saturated heterocycles. The van der Waals surface area contributed by atoms with Crippen molar-refractivity contribution in [3.63, 3.8) is 0 Å². The molecule has 0 bridgehead atoms. The Morgan fingerprint density at radius 1 is 1.40 bits per heavy atom. The minimum atomic E-state index is -0.198. The van der Waals surface area contributed by atoms with Crippen LogP contribution in [0.2, 0.25) is 0 Å². The van der Waals surface area contributed by atoms with E-state index < -0.39 is 0 Å². The lowest BCUT2D eigenvalue weighted by molar-refractivity contribution is 0.418. The monoisotopic (exact) mass is 273 g/mol. The summed E-state index contributed by atoms with van der Waals surface area (Å²) in [7, 11) is 0. The number of hydrogen-bond donors (Lipinski definition) is 1. The lowest BCUT2D eigenvalue weighted by Gasteiger charge is -2.23. The molecule has 0 aromatic heterocycles. The van der Waals surface area contributed by atoms with E-state index in [9.17, 15) is 4.39 Å². The molecule has 0 radical (unpaired) electrons. The van der Waals surface area contributed by atoms with Gasteiger partial charge in [0.05, 0.1) is 4.47 Å². The van der Waals surface area contributed by atoms with Crippen molar-refractivity contribution in [1.29, 1.82) is 0 Å². The average Bonchev–Trinajstić information content (AvgIpc) is 2.19. The van der Waals surface area contributed by atoms with Gasteiger partial charge in [0, 0.05) is 6.04 Å². The molecular weight excluding hydrogens is 257 g/mol. The fourth-order valence-electron chi connectivity index (χ4n) is 1.69. The molecule has 0 amide bonds. The Morgan fingerprint density at radius 2 is 2.07 bits per heavy atom. The first kappa shape index (κ1) is 12.7. The molecular formula is C12H17BrFN. The van der Waals surface area contributed by atoms with E-state index in [2.05, 4.69) is 42.0 Å². The first-order valence-electron chi connectivity index (χ1n) is 5.25. The molecule has 1 unspecified atom stereocenters. The SMILES string of the molecule is CCNC(c1cccc(F)c1Br)C(C)C. The van der Waals surface area contributed by atoms with Gasteiger partial charge in [0.1, 0.15) is 5.82 Å². The minimum Gasteiger partial charge on any atom is -0.310 e. The summed E-state index contributed by atoms with van der Waals surface area (Å²) in [6.45, 7) is 7.20. The van der Waals surface area contributed by atoms with Crippen LogP contribution in [-0.2, 0) is 0 Å². The van der Waals surface area contributed by atoms with Crippen molar-refractivity contribution in [1.82, 2.24) is 5.32 Å². The number of nitrogens with one attached hydrogen (secondary N) is 1. The summed E-state index contributed by atoms with van der Waals surface area (Å²) in [6, 6.07) is 5.37. The van der Waals surface area contributed by atoms with Crippen LogP contribution in [0.15, 0.2) is 22.7 Å². The third-order valence-corrected chi connectivity index (χ3v) is 3.24. The quantitative estimate of drug-likeness (QED) is 0.878. The second-order valence-corrected chi connectivity index (χ2v) is 4.72. The summed E-state index contributed by atoms with van der Waals surface area (Å²) in [5.74, 6) is 0.235. The molecule has 1 nitrogen and oxygen atoms in total. The summed E-state index contributed by atoms with van der Waals surface area (Å²) < 4.78 is 13.9. The van der Waals surface area contributed by atoms with Crippen molar-refractivity contribution < 1.29 is 4.39 Å². The van der Waals surface area contributed by atoms with Crippen molar-refractivity contribution >= 4 is 15.9 Å². The molecule has 1 atom stereocenters. The zero-order chi connectivity index (χ0) is 11.4. The molecule has 84 valence electrons. The maximum atomic E-state index is 13.4. The normalized spacial score (nSPS) is 13.2. The largest absolute Gasteiger partial charge is 0.310 e. The summed E-state index contributed by atoms with van der Waals surface area (Å²) in [4.78, 5) is 0. The summed E-state index contributed by atoms with van der Waals surface area (Å²) in [6.07, 6.45) is 0. The Kier molecular flexibility index (Phi) is 4.74. The molecule has 0 fully saturated rings. The molecule has 1 N–H and O–H groups in total. The fourth-order valence-corrected chi connectivity index (χ4v) is 2.20. The Balaban J connectivity index is 3.05. The Hall–Kier alpha value is -0.410. The molecule has 1 aromatic carbocycles. The lowest BCUT2D eigenvalue weighted by Crippen LogP contribution is -2.25. The highest BCUT2D eigenvalue weighted by atomic mass is 79.9. The van der Waals surface area contributed by atoms with Crippen molar-refractivity contribution in [2.45, 2.75) is 26.8 Å². The topological polar surface area (TPSA) is 12.0 Å². The predicted molar refractivity (Wildman–Crippen MR) is 65.4 cm³/mol. The zero-order valence-electron chi connectivity index (χ0n) is 9.35. The molecule has 15 heavy (non-hydrogen) atoms. The predicted octanol–water partition coefficient (Wildman–Crippen LogP) is 3.89. The minimum absolute atomic E-state index is 0.195. The van der Waals surface area contributed by atoms with Crippen molar-refractivity contribution in [2.24, 2.45) is 5.92 Å². The maximum Gasteiger partial charge on any atom is 0.137 e. The van der Waals surface area contributed by atoms with Gasteiger partial charge in [-0.25, -0.2) is 4.39 Å². The van der Waals surface area contributed by atoms with E-state index in [1.807, 2.05) is 6.07 Å². The van der Waals surface area contributed by atoms with Gasteiger partial charge in [0.2, 0.25) is 0 Å². The van der Waals surface area contributed by atoms with Crippen LogP contribution < -0.4 is 5.32 Å². The lowest BCUT2D eigenvalue weighted by atomic mass is 9.96. The standard InChI is InChI=1S/C12H17BrFN/c1-4-15-12(8(2)3)9-6-5-7-10(14)11(9)13/h5-8,12,15H,4H2,1-3H3. The molecule has 0 aliphatic carbocycles. The van der Waals surface area contributed by atoms with Gasteiger partial charge in [-0.05, 0) is 40.0 Å². The van der Waals surface area contributed by atoms with Crippen LogP contribution in [0.25, 0.3) is 0 Å². The van der Waals surface area contributed by atoms with Gasteiger partial charge in [-0.2, -0.15) is 0 Å². The van der Waals surface area contributed by atoms with E-state index in [1.54, 1.807) is 6.07 Å². The number of halogens is 2. The molecule has 0 aliphatic heterocycles. The van der Waals surface area contributed by atoms with Gasteiger partial charge in [-0.15, -0.1) is 0 Å². The van der Waals surface area contributed by atoms with Crippen LogP contribution in [-0.4, -0.2) is 6.54 Å². The van der Waals surface area contributed by atoms with Crippen molar-refractivity contribution in [2.75, 3.05) is 6.54 Å². The van der Waals surface area contributed by atoms with Crippen LogP contribution >= 0.6 is 15.9 Å². The van der Waals surface area contributed by atoms with E-state index in [0.29, 0.717) is 10.4 Å². The average molecular weight is 274 g/mol. The van der Waals surface area contributed by atoms with Gasteiger partial charge in [-0.1, -0.05) is 32.9 Å². The first-order chi connectivity index (χ1) is 7.07. The van der Waals surface area contributed by atoms with Gasteiger partial charge >= 0.3 is 0 Å². The van der Waals surface area contributed by atoms with Gasteiger partial charge in [0.15, 0.2) is 0 Å². The van der Waals surface area contributed by atoms with Crippen LogP contribution in [0.3, 0.4) is 0 Å². The number of benzene rings is 1.